The minimum atomic E-state index is -0.681. The summed E-state index contributed by atoms with van der Waals surface area (Å²) >= 11 is 0. The zero-order valence-corrected chi connectivity index (χ0v) is 8.59. The van der Waals surface area contributed by atoms with Crippen molar-refractivity contribution in [1.82, 2.24) is 15.3 Å². The Bertz CT molecular complexity index is 458. The maximum Gasteiger partial charge on any atom is 0.325 e. The van der Waals surface area contributed by atoms with E-state index in [1.807, 2.05) is 18.8 Å². The van der Waals surface area contributed by atoms with Crippen molar-refractivity contribution in [3.63, 3.8) is 0 Å². The number of aromatic nitrogens is 2. The Morgan fingerprint density at radius 1 is 1.47 bits per heavy atom. The lowest BCUT2D eigenvalue weighted by atomic mass is 10.2. The van der Waals surface area contributed by atoms with Crippen LogP contribution >= 0.6 is 0 Å². The van der Waals surface area contributed by atoms with Crippen molar-refractivity contribution in [2.24, 2.45) is 5.92 Å². The maximum absolute atomic E-state index is 11.4. The van der Waals surface area contributed by atoms with Crippen LogP contribution in [0.15, 0.2) is 15.8 Å². The lowest BCUT2D eigenvalue weighted by Gasteiger charge is -2.06. The van der Waals surface area contributed by atoms with Gasteiger partial charge in [-0.1, -0.05) is 13.8 Å². The third-order valence-corrected chi connectivity index (χ3v) is 1.73. The van der Waals surface area contributed by atoms with Gasteiger partial charge in [0.05, 0.1) is 0 Å². The molecule has 0 saturated heterocycles. The van der Waals surface area contributed by atoms with Gasteiger partial charge in [0, 0.05) is 12.7 Å². The van der Waals surface area contributed by atoms with Crippen LogP contribution in [0.3, 0.4) is 0 Å². The molecule has 1 aromatic heterocycles. The summed E-state index contributed by atoms with van der Waals surface area (Å²) in [6.45, 7) is 4.37. The van der Waals surface area contributed by atoms with Gasteiger partial charge in [-0.25, -0.2) is 4.79 Å². The summed E-state index contributed by atoms with van der Waals surface area (Å²) in [5.74, 6) is -0.183. The fourth-order valence-electron chi connectivity index (χ4n) is 0.971. The van der Waals surface area contributed by atoms with Gasteiger partial charge >= 0.3 is 5.69 Å². The van der Waals surface area contributed by atoms with Crippen LogP contribution in [-0.2, 0) is 0 Å². The van der Waals surface area contributed by atoms with Crippen LogP contribution in [-0.4, -0.2) is 22.4 Å². The van der Waals surface area contributed by atoms with Gasteiger partial charge < -0.3 is 10.3 Å². The summed E-state index contributed by atoms with van der Waals surface area (Å²) in [6, 6.07) is 0. The SMILES string of the molecule is CC(C)CNC(=O)c1c[nH]c(=O)[nH]c1=O. The molecule has 0 aromatic carbocycles. The summed E-state index contributed by atoms with van der Waals surface area (Å²) in [6.07, 6.45) is 1.11. The van der Waals surface area contributed by atoms with E-state index in [9.17, 15) is 14.4 Å². The van der Waals surface area contributed by atoms with E-state index in [0.717, 1.165) is 6.20 Å². The molecule has 6 heteroatoms. The molecule has 0 aliphatic carbocycles. The molecule has 15 heavy (non-hydrogen) atoms. The topological polar surface area (TPSA) is 94.8 Å². The fraction of sp³-hybridized carbons (Fsp3) is 0.444. The zero-order valence-electron chi connectivity index (χ0n) is 8.59. The molecule has 82 valence electrons. The summed E-state index contributed by atoms with van der Waals surface area (Å²) in [7, 11) is 0. The van der Waals surface area contributed by atoms with Crippen molar-refractivity contribution in [2.75, 3.05) is 6.54 Å². The molecule has 3 N–H and O–H groups in total. The summed E-state index contributed by atoms with van der Waals surface area (Å²) < 4.78 is 0. The second kappa shape index (κ2) is 4.59. The molecule has 0 fully saturated rings. The highest BCUT2D eigenvalue weighted by molar-refractivity contribution is 5.93. The van der Waals surface area contributed by atoms with E-state index in [1.54, 1.807) is 0 Å². The van der Waals surface area contributed by atoms with Gasteiger partial charge in [0.1, 0.15) is 5.56 Å². The first-order valence-corrected chi connectivity index (χ1v) is 4.61. The number of hydrogen-bond donors (Lipinski definition) is 3. The predicted octanol–water partition coefficient (Wildman–Crippen LogP) is -0.551. The van der Waals surface area contributed by atoms with E-state index in [0.29, 0.717) is 12.5 Å². The van der Waals surface area contributed by atoms with Gasteiger partial charge in [-0.3, -0.25) is 14.6 Å². The number of hydrogen-bond acceptors (Lipinski definition) is 3. The highest BCUT2D eigenvalue weighted by atomic mass is 16.2. The predicted molar refractivity (Wildman–Crippen MR) is 54.9 cm³/mol. The highest BCUT2D eigenvalue weighted by Crippen LogP contribution is 1.90. The van der Waals surface area contributed by atoms with Crippen LogP contribution in [0, 0.1) is 5.92 Å². The second-order valence-corrected chi connectivity index (χ2v) is 3.59. The number of carbonyl (C=O) groups excluding carboxylic acids is 1. The smallest absolute Gasteiger partial charge is 0.325 e. The van der Waals surface area contributed by atoms with Gasteiger partial charge in [0.25, 0.3) is 11.5 Å². The van der Waals surface area contributed by atoms with E-state index in [-0.39, 0.29) is 5.56 Å². The molecule has 0 aliphatic heterocycles. The fourth-order valence-corrected chi connectivity index (χ4v) is 0.971. The number of carbonyl (C=O) groups is 1. The average molecular weight is 211 g/mol. The minimum absolute atomic E-state index is 0.0877. The molecule has 1 rings (SSSR count). The van der Waals surface area contributed by atoms with Gasteiger partial charge in [-0.05, 0) is 5.92 Å². The molecule has 0 unspecified atom stereocenters. The molecule has 1 aromatic rings. The second-order valence-electron chi connectivity index (χ2n) is 3.59. The Morgan fingerprint density at radius 3 is 2.67 bits per heavy atom. The third-order valence-electron chi connectivity index (χ3n) is 1.73. The standard InChI is InChI=1S/C9H13N3O3/c1-5(2)3-10-7(13)6-4-11-9(15)12-8(6)14/h4-5H,3H2,1-2H3,(H,10,13)(H2,11,12,14,15). The van der Waals surface area contributed by atoms with Crippen molar-refractivity contribution in [1.29, 1.82) is 0 Å². The summed E-state index contributed by atoms with van der Waals surface area (Å²) in [4.78, 5) is 37.5. The number of aromatic amines is 2. The Kier molecular flexibility index (Phi) is 3.43. The minimum Gasteiger partial charge on any atom is -0.352 e. The van der Waals surface area contributed by atoms with Crippen LogP contribution in [0.2, 0.25) is 0 Å². The average Bonchev–Trinajstić information content (AvgIpc) is 2.14. The summed E-state index contributed by atoms with van der Waals surface area (Å²) in [5.41, 5.74) is -1.39. The third kappa shape index (κ3) is 3.08. The van der Waals surface area contributed by atoms with E-state index in [2.05, 4.69) is 10.3 Å². The monoisotopic (exact) mass is 211 g/mol. The Hall–Kier alpha value is -1.85. The number of rotatable bonds is 3. The summed E-state index contributed by atoms with van der Waals surface area (Å²) in [5, 5.41) is 2.58. The Labute approximate surface area is 85.7 Å². The van der Waals surface area contributed by atoms with Crippen LogP contribution in [0.4, 0.5) is 0 Å². The molecule has 0 bridgehead atoms. The van der Waals surface area contributed by atoms with Crippen LogP contribution < -0.4 is 16.6 Å². The lowest BCUT2D eigenvalue weighted by Crippen LogP contribution is -2.34. The van der Waals surface area contributed by atoms with Crippen molar-refractivity contribution in [2.45, 2.75) is 13.8 Å². The largest absolute Gasteiger partial charge is 0.352 e. The van der Waals surface area contributed by atoms with Crippen molar-refractivity contribution < 1.29 is 4.79 Å². The molecule has 0 spiro atoms. The number of amides is 1. The molecular weight excluding hydrogens is 198 g/mol. The van der Waals surface area contributed by atoms with E-state index < -0.39 is 17.2 Å². The first kappa shape index (κ1) is 11.2. The van der Waals surface area contributed by atoms with Gasteiger partial charge in [-0.15, -0.1) is 0 Å². The number of nitrogens with one attached hydrogen (secondary N) is 3. The highest BCUT2D eigenvalue weighted by Gasteiger charge is 2.10. The van der Waals surface area contributed by atoms with Crippen molar-refractivity contribution in [3.8, 4) is 0 Å². The Morgan fingerprint density at radius 2 is 2.13 bits per heavy atom. The quantitative estimate of drug-likeness (QED) is 0.626. The molecular formula is C9H13N3O3. The maximum atomic E-state index is 11.4. The van der Waals surface area contributed by atoms with Crippen LogP contribution in [0.5, 0.6) is 0 Å². The van der Waals surface area contributed by atoms with Crippen molar-refractivity contribution in [3.05, 3.63) is 32.6 Å². The van der Waals surface area contributed by atoms with E-state index >= 15 is 0 Å². The van der Waals surface area contributed by atoms with Crippen LogP contribution in [0.25, 0.3) is 0 Å². The Balaban J connectivity index is 2.83. The molecule has 1 amide bonds. The molecule has 6 nitrogen and oxygen atoms in total. The zero-order chi connectivity index (χ0) is 11.4. The van der Waals surface area contributed by atoms with Crippen molar-refractivity contribution >= 4 is 5.91 Å². The van der Waals surface area contributed by atoms with Gasteiger partial charge in [0.15, 0.2) is 0 Å². The first-order chi connectivity index (χ1) is 7.00. The van der Waals surface area contributed by atoms with Gasteiger partial charge in [-0.2, -0.15) is 0 Å². The normalized spacial score (nSPS) is 10.3. The van der Waals surface area contributed by atoms with E-state index in [1.165, 1.54) is 0 Å². The molecule has 0 aliphatic rings. The van der Waals surface area contributed by atoms with Crippen LogP contribution in [0.1, 0.15) is 24.2 Å². The molecule has 0 atom stereocenters. The lowest BCUT2D eigenvalue weighted by molar-refractivity contribution is 0.0947. The molecule has 0 radical (unpaired) electrons. The first-order valence-electron chi connectivity index (χ1n) is 4.61. The molecule has 1 heterocycles. The number of H-pyrrole nitrogens is 2. The van der Waals surface area contributed by atoms with E-state index in [4.69, 9.17) is 0 Å². The molecule has 0 saturated carbocycles. The van der Waals surface area contributed by atoms with Gasteiger partial charge in [0.2, 0.25) is 0 Å².